The number of nitrogens with zero attached hydrogens (tertiary/aromatic N) is 1. The Bertz CT molecular complexity index is 259. The van der Waals surface area contributed by atoms with Crippen molar-refractivity contribution in [3.63, 3.8) is 0 Å². The van der Waals surface area contributed by atoms with E-state index in [2.05, 4.69) is 52.3 Å². The Hall–Kier alpha value is -0.530. The average Bonchev–Trinajstić information content (AvgIpc) is 2.03. The van der Waals surface area contributed by atoms with E-state index < -0.39 is 0 Å². The predicted octanol–water partition coefficient (Wildman–Crippen LogP) is -0.541. The summed E-state index contributed by atoms with van der Waals surface area (Å²) in [4.78, 5) is 0. The van der Waals surface area contributed by atoms with Gasteiger partial charge in [0.2, 0.25) is 0 Å². The van der Waals surface area contributed by atoms with Crippen LogP contribution < -0.4 is 12.4 Å². The molecule has 0 radical (unpaired) electrons. The summed E-state index contributed by atoms with van der Waals surface area (Å²) in [5.41, 5.74) is 2.84. The molecule has 0 aliphatic carbocycles. The lowest BCUT2D eigenvalue weighted by Gasteiger charge is -2.23. The second kappa shape index (κ2) is 5.38. The van der Waals surface area contributed by atoms with Crippen molar-refractivity contribution in [2.24, 2.45) is 0 Å². The smallest absolute Gasteiger partial charge is 0.104 e. The fourth-order valence-electron chi connectivity index (χ4n) is 1.43. The number of hydrogen-bond acceptors (Lipinski definition) is 0. The maximum atomic E-state index is 2.24. The fourth-order valence-corrected chi connectivity index (χ4v) is 1.43. The molecule has 1 nitrogen and oxygen atoms in total. The summed E-state index contributed by atoms with van der Waals surface area (Å²) in [5.74, 6) is 0. The fraction of sp³-hybridized carbons (Fsp3) is 0.500. The van der Waals surface area contributed by atoms with E-state index in [-0.39, 0.29) is 12.4 Å². The van der Waals surface area contributed by atoms with Crippen LogP contribution in [0, 0.1) is 0 Å². The average molecular weight is 214 g/mol. The van der Waals surface area contributed by atoms with Crippen molar-refractivity contribution in [2.75, 3.05) is 21.1 Å². The van der Waals surface area contributed by atoms with Gasteiger partial charge in [0, 0.05) is 5.56 Å². The number of aryl methyl sites for hydroxylation is 1. The maximum absolute atomic E-state index is 2.24. The molecule has 0 spiro atoms. The molecule has 0 aliphatic rings. The van der Waals surface area contributed by atoms with Crippen molar-refractivity contribution in [1.82, 2.24) is 0 Å². The SMILES string of the molecule is CCc1ccc(C[N+](C)(C)C)cc1.[Cl-]. The van der Waals surface area contributed by atoms with Gasteiger partial charge < -0.3 is 16.9 Å². The van der Waals surface area contributed by atoms with Crippen molar-refractivity contribution >= 4 is 0 Å². The first-order chi connectivity index (χ1) is 6.01. The lowest BCUT2D eigenvalue weighted by atomic mass is 10.1. The van der Waals surface area contributed by atoms with E-state index in [1.165, 1.54) is 11.1 Å². The summed E-state index contributed by atoms with van der Waals surface area (Å²) in [7, 11) is 6.65. The minimum absolute atomic E-state index is 0. The van der Waals surface area contributed by atoms with Gasteiger partial charge in [0.05, 0.1) is 21.1 Å². The molecule has 1 aromatic rings. The van der Waals surface area contributed by atoms with Crippen molar-refractivity contribution in [3.05, 3.63) is 35.4 Å². The molecule has 14 heavy (non-hydrogen) atoms. The van der Waals surface area contributed by atoms with Gasteiger partial charge in [-0.15, -0.1) is 0 Å². The van der Waals surface area contributed by atoms with Crippen molar-refractivity contribution in [2.45, 2.75) is 19.9 Å². The third-order valence-electron chi connectivity index (χ3n) is 2.09. The van der Waals surface area contributed by atoms with E-state index in [0.29, 0.717) is 0 Å². The second-order valence-electron chi connectivity index (χ2n) is 4.62. The maximum Gasteiger partial charge on any atom is 0.104 e. The molecule has 1 aromatic carbocycles. The zero-order chi connectivity index (χ0) is 9.90. The van der Waals surface area contributed by atoms with Crippen molar-refractivity contribution in [1.29, 1.82) is 0 Å². The van der Waals surface area contributed by atoms with Crippen LogP contribution in [0.25, 0.3) is 0 Å². The number of quaternary nitrogens is 1. The third-order valence-corrected chi connectivity index (χ3v) is 2.09. The van der Waals surface area contributed by atoms with Crippen molar-refractivity contribution < 1.29 is 16.9 Å². The zero-order valence-corrected chi connectivity index (χ0v) is 10.3. The zero-order valence-electron chi connectivity index (χ0n) is 9.55. The van der Waals surface area contributed by atoms with Crippen LogP contribution in [0.15, 0.2) is 24.3 Å². The molecular formula is C12H20ClN. The van der Waals surface area contributed by atoms with Gasteiger partial charge in [-0.3, -0.25) is 0 Å². The molecule has 0 bridgehead atoms. The number of benzene rings is 1. The van der Waals surface area contributed by atoms with Crippen LogP contribution in [0.5, 0.6) is 0 Å². The first-order valence-corrected chi connectivity index (χ1v) is 4.89. The van der Waals surface area contributed by atoms with Crippen LogP contribution in [0.3, 0.4) is 0 Å². The molecule has 1 rings (SSSR count). The Kier molecular flexibility index (Phi) is 5.17. The Morgan fingerprint density at radius 1 is 0.929 bits per heavy atom. The molecule has 0 saturated heterocycles. The Labute approximate surface area is 93.7 Å². The van der Waals surface area contributed by atoms with Crippen LogP contribution in [-0.4, -0.2) is 25.6 Å². The number of halogens is 1. The highest BCUT2D eigenvalue weighted by Gasteiger charge is 2.07. The summed E-state index contributed by atoms with van der Waals surface area (Å²) >= 11 is 0. The molecule has 0 fully saturated rings. The largest absolute Gasteiger partial charge is 1.00 e. The molecular weight excluding hydrogens is 194 g/mol. The van der Waals surface area contributed by atoms with Gasteiger partial charge in [0.25, 0.3) is 0 Å². The highest BCUT2D eigenvalue weighted by atomic mass is 35.5. The van der Waals surface area contributed by atoms with Crippen LogP contribution in [0.2, 0.25) is 0 Å². The molecule has 80 valence electrons. The van der Waals surface area contributed by atoms with Gasteiger partial charge in [0.1, 0.15) is 6.54 Å². The summed E-state index contributed by atoms with van der Waals surface area (Å²) in [6, 6.07) is 8.93. The topological polar surface area (TPSA) is 0 Å². The van der Waals surface area contributed by atoms with Gasteiger partial charge in [-0.25, -0.2) is 0 Å². The molecule has 0 atom stereocenters. The number of hydrogen-bond donors (Lipinski definition) is 0. The molecule has 0 amide bonds. The molecule has 0 unspecified atom stereocenters. The molecule has 0 aliphatic heterocycles. The van der Waals surface area contributed by atoms with Crippen LogP contribution in [0.1, 0.15) is 18.1 Å². The molecule has 2 heteroatoms. The number of rotatable bonds is 3. The van der Waals surface area contributed by atoms with E-state index in [1.807, 2.05) is 0 Å². The molecule has 0 N–H and O–H groups in total. The predicted molar refractivity (Wildman–Crippen MR) is 57.6 cm³/mol. The van der Waals surface area contributed by atoms with Gasteiger partial charge in [-0.05, 0) is 12.0 Å². The molecule has 0 heterocycles. The lowest BCUT2D eigenvalue weighted by Crippen LogP contribution is -3.00. The van der Waals surface area contributed by atoms with Gasteiger partial charge in [-0.1, -0.05) is 31.2 Å². The highest BCUT2D eigenvalue weighted by molar-refractivity contribution is 5.21. The van der Waals surface area contributed by atoms with E-state index in [9.17, 15) is 0 Å². The summed E-state index contributed by atoms with van der Waals surface area (Å²) in [6.45, 7) is 3.29. The van der Waals surface area contributed by atoms with E-state index in [0.717, 1.165) is 17.4 Å². The summed E-state index contributed by atoms with van der Waals surface area (Å²) < 4.78 is 0.992. The minimum atomic E-state index is 0. The lowest BCUT2D eigenvalue weighted by molar-refractivity contribution is -0.884. The van der Waals surface area contributed by atoms with E-state index in [1.54, 1.807) is 0 Å². The van der Waals surface area contributed by atoms with Gasteiger partial charge >= 0.3 is 0 Å². The molecule has 0 aromatic heterocycles. The monoisotopic (exact) mass is 213 g/mol. The van der Waals surface area contributed by atoms with Crippen LogP contribution >= 0.6 is 0 Å². The summed E-state index contributed by atoms with van der Waals surface area (Å²) in [6.07, 6.45) is 1.13. The van der Waals surface area contributed by atoms with E-state index >= 15 is 0 Å². The Morgan fingerprint density at radius 2 is 1.36 bits per heavy atom. The van der Waals surface area contributed by atoms with Crippen LogP contribution in [0.4, 0.5) is 0 Å². The summed E-state index contributed by atoms with van der Waals surface area (Å²) in [5, 5.41) is 0. The van der Waals surface area contributed by atoms with E-state index in [4.69, 9.17) is 0 Å². The first kappa shape index (κ1) is 13.5. The Morgan fingerprint density at radius 3 is 1.71 bits per heavy atom. The standard InChI is InChI=1S/C12H20N.ClH/c1-5-11-6-8-12(9-7-11)10-13(2,3)4;/h6-9H,5,10H2,1-4H3;1H/q+1;/p-1. The highest BCUT2D eigenvalue weighted by Crippen LogP contribution is 2.09. The second-order valence-corrected chi connectivity index (χ2v) is 4.62. The minimum Gasteiger partial charge on any atom is -1.00 e. The van der Waals surface area contributed by atoms with Crippen LogP contribution in [-0.2, 0) is 13.0 Å². The quantitative estimate of drug-likeness (QED) is 0.592. The van der Waals surface area contributed by atoms with Crippen molar-refractivity contribution in [3.8, 4) is 0 Å². The first-order valence-electron chi connectivity index (χ1n) is 4.89. The Balaban J connectivity index is 0.00000169. The third kappa shape index (κ3) is 4.64. The normalized spacial score (nSPS) is 10.9. The van der Waals surface area contributed by atoms with Gasteiger partial charge in [0.15, 0.2) is 0 Å². The van der Waals surface area contributed by atoms with Gasteiger partial charge in [-0.2, -0.15) is 0 Å². The molecule has 0 saturated carbocycles.